The molecule has 0 aliphatic heterocycles. The second-order valence-electron chi connectivity index (χ2n) is 5.33. The van der Waals surface area contributed by atoms with Crippen LogP contribution in [0, 0.1) is 0 Å². The average Bonchev–Trinajstić information content (AvgIpc) is 2.98. The van der Waals surface area contributed by atoms with Gasteiger partial charge in [0.05, 0.1) is 10.6 Å². The Bertz CT molecular complexity index is 1100. The predicted octanol–water partition coefficient (Wildman–Crippen LogP) is 5.11. The summed E-state index contributed by atoms with van der Waals surface area (Å²) in [6.45, 7) is 4.21. The zero-order chi connectivity index (χ0) is 18.7. The molecular formula is C18H14BrClN2O2S2. The second-order valence-corrected chi connectivity index (χ2v) is 9.12. The van der Waals surface area contributed by atoms with Crippen LogP contribution in [0.2, 0.25) is 5.02 Å². The number of rotatable bonds is 5. The largest absolute Gasteiger partial charge is 0.312 e. The number of hydrogen-bond acceptors (Lipinski definition) is 3. The fraction of sp³-hybridized carbons (Fsp3) is 0.0556. The number of allylic oxidation sites excluding steroid dienone is 1. The lowest BCUT2D eigenvalue weighted by Crippen LogP contribution is -2.17. The highest BCUT2D eigenvalue weighted by atomic mass is 79.9. The van der Waals surface area contributed by atoms with Gasteiger partial charge in [0.15, 0.2) is 0 Å². The van der Waals surface area contributed by atoms with Gasteiger partial charge in [-0.2, -0.15) is 8.42 Å². The van der Waals surface area contributed by atoms with Crippen LogP contribution in [0.3, 0.4) is 0 Å². The van der Waals surface area contributed by atoms with E-state index in [1.807, 2.05) is 34.2 Å². The molecule has 0 amide bonds. The first-order valence-corrected chi connectivity index (χ1v) is 11.0. The van der Waals surface area contributed by atoms with Crippen molar-refractivity contribution in [3.05, 3.63) is 80.9 Å². The van der Waals surface area contributed by atoms with Crippen LogP contribution in [-0.2, 0) is 16.6 Å². The van der Waals surface area contributed by atoms with Crippen molar-refractivity contribution in [2.24, 2.45) is 4.40 Å². The van der Waals surface area contributed by atoms with E-state index < -0.39 is 10.0 Å². The Morgan fingerprint density at radius 3 is 2.42 bits per heavy atom. The number of sulfonamides is 1. The Hall–Kier alpha value is -1.67. The van der Waals surface area contributed by atoms with Gasteiger partial charge in [0.2, 0.25) is 4.80 Å². The highest BCUT2D eigenvalue weighted by molar-refractivity contribution is 9.10. The highest BCUT2D eigenvalue weighted by Gasteiger charge is 2.14. The van der Waals surface area contributed by atoms with Crippen LogP contribution in [0.25, 0.3) is 11.3 Å². The van der Waals surface area contributed by atoms with Crippen LogP contribution >= 0.6 is 38.9 Å². The maximum atomic E-state index is 12.6. The molecule has 0 radical (unpaired) electrons. The molecule has 1 aromatic heterocycles. The lowest BCUT2D eigenvalue weighted by Gasteiger charge is -2.07. The lowest BCUT2D eigenvalue weighted by atomic mass is 10.2. The van der Waals surface area contributed by atoms with Crippen LogP contribution in [0.1, 0.15) is 0 Å². The first-order valence-electron chi connectivity index (χ1n) is 7.52. The molecule has 0 bridgehead atoms. The van der Waals surface area contributed by atoms with Gasteiger partial charge in [0.1, 0.15) is 0 Å². The zero-order valence-electron chi connectivity index (χ0n) is 13.5. The molecule has 0 saturated carbocycles. The van der Waals surface area contributed by atoms with Crippen molar-refractivity contribution in [3.63, 3.8) is 0 Å². The van der Waals surface area contributed by atoms with Gasteiger partial charge in [-0.15, -0.1) is 22.3 Å². The molecule has 3 rings (SSSR count). The molecule has 0 aliphatic carbocycles. The third-order valence-electron chi connectivity index (χ3n) is 3.56. The van der Waals surface area contributed by atoms with Gasteiger partial charge in [-0.3, -0.25) is 0 Å². The molecule has 134 valence electrons. The number of hydrogen-bond donors (Lipinski definition) is 0. The predicted molar refractivity (Wildman–Crippen MR) is 110 cm³/mol. The number of aromatic nitrogens is 1. The van der Waals surface area contributed by atoms with Gasteiger partial charge in [-0.1, -0.05) is 45.7 Å². The maximum Gasteiger partial charge on any atom is 0.285 e. The van der Waals surface area contributed by atoms with Crippen molar-refractivity contribution in [2.75, 3.05) is 0 Å². The minimum atomic E-state index is -3.83. The highest BCUT2D eigenvalue weighted by Crippen LogP contribution is 2.23. The summed E-state index contributed by atoms with van der Waals surface area (Å²) in [5, 5.41) is 2.36. The Balaban J connectivity index is 2.12. The van der Waals surface area contributed by atoms with E-state index in [0.29, 0.717) is 16.4 Å². The molecule has 0 N–H and O–H groups in total. The van der Waals surface area contributed by atoms with Crippen molar-refractivity contribution >= 4 is 48.9 Å². The fourth-order valence-electron chi connectivity index (χ4n) is 2.32. The third-order valence-corrected chi connectivity index (χ3v) is 6.60. The summed E-state index contributed by atoms with van der Waals surface area (Å²) >= 11 is 10.5. The summed E-state index contributed by atoms with van der Waals surface area (Å²) in [5.41, 5.74) is 1.85. The molecule has 0 aliphatic rings. The van der Waals surface area contributed by atoms with Crippen LogP contribution < -0.4 is 4.80 Å². The van der Waals surface area contributed by atoms with E-state index in [1.54, 1.807) is 6.08 Å². The molecule has 3 aromatic rings. The van der Waals surface area contributed by atoms with Gasteiger partial charge in [-0.05, 0) is 42.0 Å². The van der Waals surface area contributed by atoms with Crippen molar-refractivity contribution in [1.29, 1.82) is 0 Å². The third kappa shape index (κ3) is 4.17. The molecule has 2 aromatic carbocycles. The van der Waals surface area contributed by atoms with Gasteiger partial charge in [0.25, 0.3) is 10.0 Å². The molecule has 0 fully saturated rings. The molecule has 1 heterocycles. The second kappa shape index (κ2) is 7.92. The standard InChI is InChI=1S/C18H14BrClN2O2S2/c1-2-11-22-17(13-3-5-14(19)6-4-13)12-25-18(22)21-26(23,24)16-9-7-15(20)8-10-16/h2-10,12H,1,11H2. The first kappa shape index (κ1) is 19.1. The monoisotopic (exact) mass is 468 g/mol. The van der Waals surface area contributed by atoms with Crippen molar-refractivity contribution in [3.8, 4) is 11.3 Å². The lowest BCUT2D eigenvalue weighted by molar-refractivity contribution is 0.595. The number of thiazole rings is 1. The number of benzene rings is 2. The van der Waals surface area contributed by atoms with Gasteiger partial charge >= 0.3 is 0 Å². The molecular weight excluding hydrogens is 456 g/mol. The Labute approximate surface area is 169 Å². The smallest absolute Gasteiger partial charge is 0.285 e. The van der Waals surface area contributed by atoms with E-state index in [2.05, 4.69) is 26.9 Å². The Morgan fingerprint density at radius 2 is 1.81 bits per heavy atom. The number of halogens is 2. The van der Waals surface area contributed by atoms with Crippen molar-refractivity contribution < 1.29 is 8.42 Å². The summed E-state index contributed by atoms with van der Waals surface area (Å²) in [7, 11) is -3.83. The quantitative estimate of drug-likeness (QED) is 0.488. The molecule has 26 heavy (non-hydrogen) atoms. The van der Waals surface area contributed by atoms with E-state index in [0.717, 1.165) is 15.7 Å². The number of nitrogens with zero attached hydrogens (tertiary/aromatic N) is 2. The molecule has 0 saturated heterocycles. The van der Waals surface area contributed by atoms with Gasteiger partial charge < -0.3 is 4.57 Å². The summed E-state index contributed by atoms with van der Waals surface area (Å²) in [5.74, 6) is 0. The average molecular weight is 470 g/mol. The normalized spacial score (nSPS) is 12.3. The molecule has 0 spiro atoms. The van der Waals surface area contributed by atoms with E-state index in [4.69, 9.17) is 11.6 Å². The van der Waals surface area contributed by atoms with Crippen LogP contribution in [-0.4, -0.2) is 13.0 Å². The molecule has 0 atom stereocenters. The van der Waals surface area contributed by atoms with Crippen LogP contribution in [0.5, 0.6) is 0 Å². The summed E-state index contributed by atoms with van der Waals surface area (Å²) in [6, 6.07) is 13.8. The van der Waals surface area contributed by atoms with Gasteiger partial charge in [-0.25, -0.2) is 0 Å². The van der Waals surface area contributed by atoms with E-state index in [9.17, 15) is 8.42 Å². The minimum absolute atomic E-state index is 0.102. The maximum absolute atomic E-state index is 12.6. The SMILES string of the molecule is C=CCn1c(-c2ccc(Br)cc2)csc1=NS(=O)(=O)c1ccc(Cl)cc1. The summed E-state index contributed by atoms with van der Waals surface area (Å²) < 4.78 is 32.1. The minimum Gasteiger partial charge on any atom is -0.312 e. The van der Waals surface area contributed by atoms with Crippen molar-refractivity contribution in [1.82, 2.24) is 4.57 Å². The molecule has 4 nitrogen and oxygen atoms in total. The summed E-state index contributed by atoms with van der Waals surface area (Å²) in [6.07, 6.45) is 1.71. The van der Waals surface area contributed by atoms with E-state index in [1.165, 1.54) is 35.6 Å². The molecule has 0 unspecified atom stereocenters. The van der Waals surface area contributed by atoms with Crippen LogP contribution in [0.4, 0.5) is 0 Å². The van der Waals surface area contributed by atoms with E-state index in [-0.39, 0.29) is 4.90 Å². The van der Waals surface area contributed by atoms with Gasteiger partial charge in [0, 0.05) is 21.4 Å². The molecule has 8 heteroatoms. The van der Waals surface area contributed by atoms with Crippen LogP contribution in [0.15, 0.2) is 80.3 Å². The Kier molecular flexibility index (Phi) is 5.82. The fourth-order valence-corrected chi connectivity index (χ4v) is 4.85. The topological polar surface area (TPSA) is 51.4 Å². The Morgan fingerprint density at radius 1 is 1.15 bits per heavy atom. The first-order chi connectivity index (χ1) is 12.4. The summed E-state index contributed by atoms with van der Waals surface area (Å²) in [4.78, 5) is 0.489. The zero-order valence-corrected chi connectivity index (χ0v) is 17.4. The van der Waals surface area contributed by atoms with E-state index >= 15 is 0 Å². The van der Waals surface area contributed by atoms with Crippen molar-refractivity contribution in [2.45, 2.75) is 11.4 Å².